The third kappa shape index (κ3) is 3.06. The molecule has 0 fully saturated rings. The molecule has 4 aromatic rings. The highest BCUT2D eigenvalue weighted by atomic mass is 32.1. The summed E-state index contributed by atoms with van der Waals surface area (Å²) < 4.78 is 10.5. The number of nitro groups is 1. The molecule has 27 heavy (non-hydrogen) atoms. The number of rotatable bonds is 4. The van der Waals surface area contributed by atoms with Gasteiger partial charge in [0.2, 0.25) is 0 Å². The second-order valence-electron chi connectivity index (χ2n) is 5.67. The third-order valence-corrected chi connectivity index (χ3v) is 4.89. The van der Waals surface area contributed by atoms with Gasteiger partial charge in [0.05, 0.1) is 29.4 Å². The average Bonchev–Trinajstić information content (AvgIpc) is 3.17. The number of benzene rings is 2. The van der Waals surface area contributed by atoms with Gasteiger partial charge in [0.1, 0.15) is 5.01 Å². The van der Waals surface area contributed by atoms with Crippen LogP contribution in [-0.4, -0.2) is 17.0 Å². The van der Waals surface area contributed by atoms with Crippen molar-refractivity contribution in [3.8, 4) is 27.6 Å². The topological polar surface area (TPSA) is 95.5 Å². The van der Waals surface area contributed by atoms with E-state index in [2.05, 4.69) is 4.98 Å². The monoisotopic (exact) mass is 380 g/mol. The van der Waals surface area contributed by atoms with Crippen molar-refractivity contribution in [2.45, 2.75) is 0 Å². The number of thiazole rings is 1. The van der Waals surface area contributed by atoms with Crippen LogP contribution in [0, 0.1) is 10.1 Å². The molecule has 2 heterocycles. The fourth-order valence-corrected chi connectivity index (χ4v) is 3.56. The minimum atomic E-state index is -0.580. The molecule has 0 spiro atoms. The van der Waals surface area contributed by atoms with Gasteiger partial charge < -0.3 is 9.15 Å². The van der Waals surface area contributed by atoms with Crippen LogP contribution in [0.5, 0.6) is 5.75 Å². The van der Waals surface area contributed by atoms with Gasteiger partial charge in [-0.2, -0.15) is 0 Å². The molecule has 0 atom stereocenters. The lowest BCUT2D eigenvalue weighted by atomic mass is 10.1. The number of nitrogens with zero attached hydrogens (tertiary/aromatic N) is 2. The first-order chi connectivity index (χ1) is 13.1. The van der Waals surface area contributed by atoms with Gasteiger partial charge in [0.15, 0.2) is 11.3 Å². The van der Waals surface area contributed by atoms with Crippen molar-refractivity contribution >= 4 is 28.0 Å². The van der Waals surface area contributed by atoms with Crippen molar-refractivity contribution in [2.24, 2.45) is 0 Å². The van der Waals surface area contributed by atoms with E-state index in [9.17, 15) is 14.9 Å². The van der Waals surface area contributed by atoms with Crippen LogP contribution in [0.2, 0.25) is 0 Å². The van der Waals surface area contributed by atoms with E-state index in [1.165, 1.54) is 30.6 Å². The fraction of sp³-hybridized carbons (Fsp3) is 0.0526. The zero-order valence-electron chi connectivity index (χ0n) is 14.0. The smallest absolute Gasteiger partial charge is 0.346 e. The molecule has 8 heteroatoms. The van der Waals surface area contributed by atoms with Crippen LogP contribution in [0.3, 0.4) is 0 Å². The number of nitro benzene ring substituents is 1. The second kappa shape index (κ2) is 6.65. The molecule has 0 amide bonds. The summed E-state index contributed by atoms with van der Waals surface area (Å²) >= 11 is 1.30. The van der Waals surface area contributed by atoms with Crippen molar-refractivity contribution in [2.75, 3.05) is 7.11 Å². The molecule has 0 radical (unpaired) electrons. The maximum atomic E-state index is 12.5. The molecule has 0 aliphatic rings. The summed E-state index contributed by atoms with van der Waals surface area (Å²) in [6, 6.07) is 13.7. The van der Waals surface area contributed by atoms with E-state index in [0.717, 1.165) is 11.3 Å². The largest absolute Gasteiger partial charge is 0.493 e. The Hall–Kier alpha value is -3.52. The predicted molar refractivity (Wildman–Crippen MR) is 102 cm³/mol. The Balaban J connectivity index is 1.88. The minimum Gasteiger partial charge on any atom is -0.493 e. The van der Waals surface area contributed by atoms with Crippen molar-refractivity contribution in [3.05, 3.63) is 74.4 Å². The maximum absolute atomic E-state index is 12.5. The Bertz CT molecular complexity index is 1210. The molecule has 0 bridgehead atoms. The minimum absolute atomic E-state index is 0.131. The summed E-state index contributed by atoms with van der Waals surface area (Å²) in [5.74, 6) is 0.131. The molecule has 2 aromatic heterocycles. The molecule has 0 aliphatic heterocycles. The Morgan fingerprint density at radius 2 is 1.96 bits per heavy atom. The van der Waals surface area contributed by atoms with Crippen LogP contribution in [-0.2, 0) is 0 Å². The molecule has 0 unspecified atom stereocenters. The van der Waals surface area contributed by atoms with E-state index in [-0.39, 0.29) is 22.6 Å². The van der Waals surface area contributed by atoms with Gasteiger partial charge in [-0.3, -0.25) is 10.1 Å². The molecule has 0 N–H and O–H groups in total. The van der Waals surface area contributed by atoms with E-state index in [0.29, 0.717) is 10.4 Å². The van der Waals surface area contributed by atoms with Crippen LogP contribution in [0.1, 0.15) is 0 Å². The van der Waals surface area contributed by atoms with Gasteiger partial charge in [0.25, 0.3) is 5.69 Å². The van der Waals surface area contributed by atoms with E-state index in [4.69, 9.17) is 9.15 Å². The molecular formula is C19H12N2O5S. The zero-order valence-corrected chi connectivity index (χ0v) is 14.9. The molecule has 0 saturated heterocycles. The molecule has 4 rings (SSSR count). The number of aromatic nitrogens is 1. The number of fused-ring (bicyclic) bond motifs is 1. The number of ether oxygens (including phenoxy) is 1. The zero-order chi connectivity index (χ0) is 19.0. The normalized spacial score (nSPS) is 10.9. The quantitative estimate of drug-likeness (QED) is 0.294. The summed E-state index contributed by atoms with van der Waals surface area (Å²) in [6.07, 6.45) is 0. The lowest BCUT2D eigenvalue weighted by Gasteiger charge is -2.05. The number of hydrogen-bond donors (Lipinski definition) is 0. The Labute approximate surface area is 156 Å². The van der Waals surface area contributed by atoms with Gasteiger partial charge in [-0.1, -0.05) is 30.3 Å². The summed E-state index contributed by atoms with van der Waals surface area (Å²) in [7, 11) is 1.36. The van der Waals surface area contributed by atoms with Crippen molar-refractivity contribution in [3.63, 3.8) is 0 Å². The van der Waals surface area contributed by atoms with E-state index >= 15 is 0 Å². The van der Waals surface area contributed by atoms with Crippen LogP contribution >= 0.6 is 11.3 Å². The van der Waals surface area contributed by atoms with Crippen molar-refractivity contribution < 1.29 is 14.1 Å². The predicted octanol–water partition coefficient (Wildman–Crippen LogP) is 4.50. The van der Waals surface area contributed by atoms with Crippen LogP contribution in [0.4, 0.5) is 5.69 Å². The van der Waals surface area contributed by atoms with E-state index in [1.54, 1.807) is 6.07 Å². The number of methoxy groups -OCH3 is 1. The molecule has 2 aromatic carbocycles. The highest BCUT2D eigenvalue weighted by Crippen LogP contribution is 2.33. The lowest BCUT2D eigenvalue weighted by molar-refractivity contribution is -0.384. The Kier molecular flexibility index (Phi) is 4.17. The van der Waals surface area contributed by atoms with Crippen molar-refractivity contribution in [1.29, 1.82) is 0 Å². The molecule has 134 valence electrons. The second-order valence-corrected chi connectivity index (χ2v) is 6.53. The number of non-ortho nitro benzene ring substituents is 1. The van der Waals surface area contributed by atoms with Gasteiger partial charge in [0, 0.05) is 22.4 Å². The first-order valence-corrected chi connectivity index (χ1v) is 8.76. The van der Waals surface area contributed by atoms with Crippen LogP contribution < -0.4 is 10.4 Å². The first-order valence-electron chi connectivity index (χ1n) is 7.88. The molecular weight excluding hydrogens is 368 g/mol. The summed E-state index contributed by atoms with van der Waals surface area (Å²) in [5, 5.41) is 13.9. The van der Waals surface area contributed by atoms with Gasteiger partial charge >= 0.3 is 5.63 Å². The van der Waals surface area contributed by atoms with Gasteiger partial charge in [-0.15, -0.1) is 11.3 Å². The summed E-state index contributed by atoms with van der Waals surface area (Å²) in [4.78, 5) is 27.6. The van der Waals surface area contributed by atoms with E-state index in [1.807, 2.05) is 35.7 Å². The lowest BCUT2D eigenvalue weighted by Crippen LogP contribution is -2.03. The average molecular weight is 380 g/mol. The van der Waals surface area contributed by atoms with E-state index < -0.39 is 10.5 Å². The molecule has 0 saturated carbocycles. The Morgan fingerprint density at radius 1 is 1.19 bits per heavy atom. The van der Waals surface area contributed by atoms with Crippen molar-refractivity contribution in [1.82, 2.24) is 4.98 Å². The van der Waals surface area contributed by atoms with Gasteiger partial charge in [-0.05, 0) is 6.07 Å². The van der Waals surface area contributed by atoms with Gasteiger partial charge in [-0.25, -0.2) is 9.78 Å². The SMILES string of the molecule is COc1cc([N+](=O)[O-])cc2cc(-c3nc(-c4ccccc4)cs3)c(=O)oc12. The summed E-state index contributed by atoms with van der Waals surface area (Å²) in [6.45, 7) is 0. The maximum Gasteiger partial charge on any atom is 0.346 e. The third-order valence-electron chi connectivity index (χ3n) is 4.02. The molecule has 7 nitrogen and oxygen atoms in total. The van der Waals surface area contributed by atoms with Crippen LogP contribution in [0.25, 0.3) is 32.8 Å². The first kappa shape index (κ1) is 16.9. The number of hydrogen-bond acceptors (Lipinski definition) is 7. The van der Waals surface area contributed by atoms with Crippen LogP contribution in [0.15, 0.2) is 63.1 Å². The standard InChI is InChI=1S/C19H12N2O5S/c1-25-16-9-13(21(23)24)7-12-8-14(19(22)26-17(12)16)18-20-15(10-27-18)11-5-3-2-4-6-11/h2-10H,1H3. The molecule has 0 aliphatic carbocycles. The Morgan fingerprint density at radius 3 is 2.67 bits per heavy atom. The highest BCUT2D eigenvalue weighted by molar-refractivity contribution is 7.13. The summed E-state index contributed by atoms with van der Waals surface area (Å²) in [5.41, 5.74) is 1.36. The highest BCUT2D eigenvalue weighted by Gasteiger charge is 2.18. The fourth-order valence-electron chi connectivity index (χ4n) is 2.73.